The highest BCUT2D eigenvalue weighted by Crippen LogP contribution is 2.17. The largest absolute Gasteiger partial charge is 0.348 e. The van der Waals surface area contributed by atoms with Crippen molar-refractivity contribution in [3.8, 4) is 0 Å². The number of benzene rings is 1. The van der Waals surface area contributed by atoms with Gasteiger partial charge in [0.1, 0.15) is 6.29 Å². The van der Waals surface area contributed by atoms with Gasteiger partial charge in [-0.3, -0.25) is 9.69 Å². The molecule has 1 heterocycles. The summed E-state index contributed by atoms with van der Waals surface area (Å²) in [6.45, 7) is 6.04. The molecule has 1 aromatic rings. The number of hydrogen-bond donors (Lipinski definition) is 1. The van der Waals surface area contributed by atoms with Crippen LogP contribution in [0.25, 0.3) is 0 Å². The van der Waals surface area contributed by atoms with Crippen LogP contribution >= 0.6 is 0 Å². The average Bonchev–Trinajstić information content (AvgIpc) is 2.47. The van der Waals surface area contributed by atoms with Crippen LogP contribution in [0, 0.1) is 12.8 Å². The smallest absolute Gasteiger partial charge is 0.234 e. The van der Waals surface area contributed by atoms with E-state index in [1.54, 1.807) is 0 Å². The first-order chi connectivity index (χ1) is 10.1. The highest BCUT2D eigenvalue weighted by atomic mass is 16.2. The lowest BCUT2D eigenvalue weighted by Crippen LogP contribution is -2.43. The van der Waals surface area contributed by atoms with Gasteiger partial charge in [0.2, 0.25) is 5.91 Å². The van der Waals surface area contributed by atoms with Crippen molar-refractivity contribution in [1.29, 1.82) is 0 Å². The lowest BCUT2D eigenvalue weighted by molar-refractivity contribution is -0.124. The van der Waals surface area contributed by atoms with E-state index in [9.17, 15) is 9.59 Å². The number of aryl methyl sites for hydroxylation is 1. The number of piperidine rings is 1. The van der Waals surface area contributed by atoms with Crippen LogP contribution in [0.1, 0.15) is 36.9 Å². The molecule has 0 bridgehead atoms. The van der Waals surface area contributed by atoms with Crippen LogP contribution in [0.2, 0.25) is 0 Å². The van der Waals surface area contributed by atoms with Crippen LogP contribution in [0.15, 0.2) is 24.3 Å². The topological polar surface area (TPSA) is 49.4 Å². The van der Waals surface area contributed by atoms with Crippen molar-refractivity contribution in [2.45, 2.75) is 32.7 Å². The molecule has 0 aromatic heterocycles. The molecule has 1 N–H and O–H groups in total. The second-order valence-corrected chi connectivity index (χ2v) is 5.92. The zero-order valence-corrected chi connectivity index (χ0v) is 12.8. The maximum Gasteiger partial charge on any atom is 0.234 e. The normalized spacial score (nSPS) is 20.8. The van der Waals surface area contributed by atoms with Gasteiger partial charge in [0.25, 0.3) is 0 Å². The number of nitrogens with zero attached hydrogens (tertiary/aromatic N) is 1. The monoisotopic (exact) mass is 288 g/mol. The van der Waals surface area contributed by atoms with Crippen LogP contribution in [0.4, 0.5) is 0 Å². The molecule has 1 amide bonds. The number of hydrogen-bond acceptors (Lipinski definition) is 3. The van der Waals surface area contributed by atoms with E-state index in [-0.39, 0.29) is 17.9 Å². The van der Waals surface area contributed by atoms with E-state index in [4.69, 9.17) is 0 Å². The first-order valence-corrected chi connectivity index (χ1v) is 7.62. The van der Waals surface area contributed by atoms with Gasteiger partial charge in [-0.1, -0.05) is 24.3 Å². The second-order valence-electron chi connectivity index (χ2n) is 5.92. The molecular formula is C17H24N2O2. The third-order valence-electron chi connectivity index (χ3n) is 4.13. The van der Waals surface area contributed by atoms with Gasteiger partial charge in [-0.25, -0.2) is 0 Å². The Bertz CT molecular complexity index is 501. The van der Waals surface area contributed by atoms with Gasteiger partial charge in [-0.2, -0.15) is 0 Å². The van der Waals surface area contributed by atoms with E-state index < -0.39 is 0 Å². The minimum absolute atomic E-state index is 0.00496. The average molecular weight is 288 g/mol. The molecule has 0 saturated carbocycles. The summed E-state index contributed by atoms with van der Waals surface area (Å²) in [6, 6.07) is 8.09. The SMILES string of the molecule is Cc1ccccc1C(C)NC(=O)CN1CCCC(C=O)C1. The maximum atomic E-state index is 12.2. The van der Waals surface area contributed by atoms with E-state index in [0.717, 1.165) is 31.2 Å². The first kappa shape index (κ1) is 15.7. The Hall–Kier alpha value is -1.68. The Morgan fingerprint density at radius 2 is 2.24 bits per heavy atom. The quantitative estimate of drug-likeness (QED) is 0.844. The van der Waals surface area contributed by atoms with E-state index in [1.165, 1.54) is 5.56 Å². The van der Waals surface area contributed by atoms with E-state index in [2.05, 4.69) is 23.2 Å². The van der Waals surface area contributed by atoms with Gasteiger partial charge in [0.15, 0.2) is 0 Å². The van der Waals surface area contributed by atoms with Gasteiger partial charge in [0, 0.05) is 12.5 Å². The summed E-state index contributed by atoms with van der Waals surface area (Å²) < 4.78 is 0. The van der Waals surface area contributed by atoms with Gasteiger partial charge < -0.3 is 10.1 Å². The number of carbonyl (C=O) groups excluding carboxylic acids is 2. The molecule has 1 fully saturated rings. The summed E-state index contributed by atoms with van der Waals surface area (Å²) in [5.41, 5.74) is 2.33. The number of carbonyl (C=O) groups is 2. The van der Waals surface area contributed by atoms with Crippen LogP contribution in [-0.2, 0) is 9.59 Å². The molecule has 2 rings (SSSR count). The number of rotatable bonds is 5. The summed E-state index contributed by atoms with van der Waals surface area (Å²) >= 11 is 0. The minimum Gasteiger partial charge on any atom is -0.348 e. The number of aldehydes is 1. The molecule has 114 valence electrons. The summed E-state index contributed by atoms with van der Waals surface area (Å²) in [4.78, 5) is 25.1. The summed E-state index contributed by atoms with van der Waals surface area (Å²) in [5.74, 6) is 0.109. The summed E-state index contributed by atoms with van der Waals surface area (Å²) in [7, 11) is 0. The minimum atomic E-state index is 0.00496. The summed E-state index contributed by atoms with van der Waals surface area (Å²) in [5, 5.41) is 3.05. The molecule has 1 aromatic carbocycles. The highest BCUT2D eigenvalue weighted by molar-refractivity contribution is 5.78. The molecule has 4 nitrogen and oxygen atoms in total. The molecular weight excluding hydrogens is 264 g/mol. The Morgan fingerprint density at radius 3 is 2.95 bits per heavy atom. The molecule has 2 unspecified atom stereocenters. The van der Waals surface area contributed by atoms with Crippen LogP contribution in [0.5, 0.6) is 0 Å². The third kappa shape index (κ3) is 4.39. The molecule has 2 atom stereocenters. The van der Waals surface area contributed by atoms with Crippen LogP contribution < -0.4 is 5.32 Å². The Kier molecular flexibility index (Phi) is 5.51. The van der Waals surface area contributed by atoms with Crippen molar-refractivity contribution >= 4 is 12.2 Å². The maximum absolute atomic E-state index is 12.2. The van der Waals surface area contributed by atoms with Crippen molar-refractivity contribution in [3.63, 3.8) is 0 Å². The number of amides is 1. The molecule has 21 heavy (non-hydrogen) atoms. The second kappa shape index (κ2) is 7.36. The molecule has 1 saturated heterocycles. The highest BCUT2D eigenvalue weighted by Gasteiger charge is 2.21. The molecule has 0 radical (unpaired) electrons. The lowest BCUT2D eigenvalue weighted by Gasteiger charge is -2.30. The Labute approximate surface area is 126 Å². The zero-order chi connectivity index (χ0) is 15.2. The Balaban J connectivity index is 1.87. The van der Waals surface area contributed by atoms with Crippen LogP contribution in [-0.4, -0.2) is 36.7 Å². The van der Waals surface area contributed by atoms with Crippen molar-refractivity contribution in [2.75, 3.05) is 19.6 Å². The van der Waals surface area contributed by atoms with E-state index >= 15 is 0 Å². The molecule has 4 heteroatoms. The van der Waals surface area contributed by atoms with Crippen molar-refractivity contribution in [1.82, 2.24) is 10.2 Å². The Morgan fingerprint density at radius 1 is 1.48 bits per heavy atom. The fraction of sp³-hybridized carbons (Fsp3) is 0.529. The van der Waals surface area contributed by atoms with E-state index in [1.807, 2.05) is 25.1 Å². The van der Waals surface area contributed by atoms with Gasteiger partial charge in [-0.05, 0) is 44.4 Å². The first-order valence-electron chi connectivity index (χ1n) is 7.62. The van der Waals surface area contributed by atoms with Crippen molar-refractivity contribution in [2.24, 2.45) is 5.92 Å². The fourth-order valence-corrected chi connectivity index (χ4v) is 2.99. The zero-order valence-electron chi connectivity index (χ0n) is 12.8. The molecule has 1 aliphatic heterocycles. The van der Waals surface area contributed by atoms with Gasteiger partial charge >= 0.3 is 0 Å². The van der Waals surface area contributed by atoms with E-state index in [0.29, 0.717) is 13.1 Å². The predicted octanol–water partition coefficient (Wildman–Crippen LogP) is 2.08. The molecule has 1 aliphatic rings. The molecule has 0 spiro atoms. The lowest BCUT2D eigenvalue weighted by atomic mass is 10.00. The third-order valence-corrected chi connectivity index (χ3v) is 4.13. The van der Waals surface area contributed by atoms with Crippen molar-refractivity contribution in [3.05, 3.63) is 35.4 Å². The van der Waals surface area contributed by atoms with Crippen LogP contribution in [0.3, 0.4) is 0 Å². The standard InChI is InChI=1S/C17H24N2O2/c1-13-6-3-4-8-16(13)14(2)18-17(21)11-19-9-5-7-15(10-19)12-20/h3-4,6,8,12,14-15H,5,7,9-11H2,1-2H3,(H,18,21). The number of nitrogens with one attached hydrogen (secondary N) is 1. The van der Waals surface area contributed by atoms with Gasteiger partial charge in [0.05, 0.1) is 12.6 Å². The molecule has 0 aliphatic carbocycles. The van der Waals surface area contributed by atoms with Gasteiger partial charge in [-0.15, -0.1) is 0 Å². The fourth-order valence-electron chi connectivity index (χ4n) is 2.99. The predicted molar refractivity (Wildman–Crippen MR) is 83.0 cm³/mol. The number of likely N-dealkylation sites (tertiary alicyclic amines) is 1. The summed E-state index contributed by atoms with van der Waals surface area (Å²) in [6.07, 6.45) is 2.95. The van der Waals surface area contributed by atoms with Crippen molar-refractivity contribution < 1.29 is 9.59 Å².